The van der Waals surface area contributed by atoms with Gasteiger partial charge in [0.25, 0.3) is 0 Å². The van der Waals surface area contributed by atoms with E-state index in [-0.39, 0.29) is 0 Å². The molecule has 3 heteroatoms. The van der Waals surface area contributed by atoms with Crippen molar-refractivity contribution in [1.82, 2.24) is 5.32 Å². The van der Waals surface area contributed by atoms with Gasteiger partial charge in [-0.05, 0) is 37.9 Å². The molecule has 84 valence electrons. The Bertz CT molecular complexity index is 310. The van der Waals surface area contributed by atoms with Crippen LogP contribution in [0.4, 0.5) is 0 Å². The van der Waals surface area contributed by atoms with Crippen molar-refractivity contribution >= 4 is 22.9 Å². The van der Waals surface area contributed by atoms with Crippen LogP contribution in [0.1, 0.15) is 43.4 Å². The summed E-state index contributed by atoms with van der Waals surface area (Å²) >= 11 is 7.74. The van der Waals surface area contributed by atoms with E-state index in [1.807, 2.05) is 6.07 Å². The fraction of sp³-hybridized carbons (Fsp3) is 0.667. The lowest BCUT2D eigenvalue weighted by Gasteiger charge is -2.19. The molecule has 1 heterocycles. The van der Waals surface area contributed by atoms with Gasteiger partial charge in [-0.15, -0.1) is 11.3 Å². The highest BCUT2D eigenvalue weighted by Gasteiger charge is 2.28. The van der Waals surface area contributed by atoms with E-state index in [1.165, 1.54) is 30.6 Å². The zero-order valence-electron chi connectivity index (χ0n) is 9.13. The molecule has 1 nitrogen and oxygen atoms in total. The van der Waals surface area contributed by atoms with Crippen LogP contribution in [0.5, 0.6) is 0 Å². The van der Waals surface area contributed by atoms with Gasteiger partial charge in [-0.3, -0.25) is 0 Å². The summed E-state index contributed by atoms with van der Waals surface area (Å²) in [6, 6.07) is 4.90. The average molecular weight is 244 g/mol. The standard InChI is InChI=1S/C12H18ClNS/c1-2-8-14-10-5-3-4-9(10)11-6-7-12(13)15-11/h6-7,9-10,14H,2-5,8H2,1H3. The fourth-order valence-corrected chi connectivity index (χ4v) is 3.66. The maximum atomic E-state index is 5.99. The van der Waals surface area contributed by atoms with Crippen LogP contribution >= 0.6 is 22.9 Å². The first-order chi connectivity index (χ1) is 7.31. The van der Waals surface area contributed by atoms with Crippen molar-refractivity contribution in [3.63, 3.8) is 0 Å². The summed E-state index contributed by atoms with van der Waals surface area (Å²) in [5.74, 6) is 0.703. The smallest absolute Gasteiger partial charge is 0.0931 e. The van der Waals surface area contributed by atoms with Gasteiger partial charge in [-0.25, -0.2) is 0 Å². The molecule has 0 aromatic carbocycles. The average Bonchev–Trinajstić information content (AvgIpc) is 2.82. The number of hydrogen-bond donors (Lipinski definition) is 1. The second-order valence-electron chi connectivity index (χ2n) is 4.24. The minimum absolute atomic E-state index is 0.680. The third-order valence-corrected chi connectivity index (χ3v) is 4.49. The van der Waals surface area contributed by atoms with Crippen molar-refractivity contribution in [3.05, 3.63) is 21.3 Å². The summed E-state index contributed by atoms with van der Waals surface area (Å²) in [7, 11) is 0. The summed E-state index contributed by atoms with van der Waals surface area (Å²) in [4.78, 5) is 1.46. The monoisotopic (exact) mass is 243 g/mol. The van der Waals surface area contributed by atoms with E-state index in [9.17, 15) is 0 Å². The lowest BCUT2D eigenvalue weighted by atomic mass is 10.0. The number of nitrogens with one attached hydrogen (secondary N) is 1. The van der Waals surface area contributed by atoms with Gasteiger partial charge >= 0.3 is 0 Å². The molecule has 1 N–H and O–H groups in total. The normalized spacial score (nSPS) is 26.0. The Morgan fingerprint density at radius 2 is 2.33 bits per heavy atom. The van der Waals surface area contributed by atoms with Crippen LogP contribution in [0.2, 0.25) is 4.34 Å². The molecule has 0 saturated heterocycles. The van der Waals surface area contributed by atoms with Gasteiger partial charge in [-0.2, -0.15) is 0 Å². The predicted octanol–water partition coefficient (Wildman–Crippen LogP) is 4.04. The zero-order valence-corrected chi connectivity index (χ0v) is 10.7. The van der Waals surface area contributed by atoms with Crippen LogP contribution in [-0.2, 0) is 0 Å². The third kappa shape index (κ3) is 2.74. The molecule has 2 rings (SSSR count). The molecule has 0 aliphatic heterocycles. The SMILES string of the molecule is CCCNC1CCCC1c1ccc(Cl)s1. The zero-order chi connectivity index (χ0) is 10.7. The van der Waals surface area contributed by atoms with Crippen LogP contribution in [0.25, 0.3) is 0 Å². The molecule has 1 saturated carbocycles. The van der Waals surface area contributed by atoms with Crippen LogP contribution in [0, 0.1) is 0 Å². The van der Waals surface area contributed by atoms with E-state index in [0.29, 0.717) is 12.0 Å². The maximum absolute atomic E-state index is 5.99. The summed E-state index contributed by atoms with van der Waals surface area (Å²) in [5, 5.41) is 3.65. The lowest BCUT2D eigenvalue weighted by Crippen LogP contribution is -2.31. The highest BCUT2D eigenvalue weighted by Crippen LogP contribution is 2.39. The van der Waals surface area contributed by atoms with Gasteiger partial charge in [0.2, 0.25) is 0 Å². The van der Waals surface area contributed by atoms with E-state index in [0.717, 1.165) is 10.9 Å². The molecule has 0 radical (unpaired) electrons. The Hall–Kier alpha value is -0.0500. The van der Waals surface area contributed by atoms with Crippen molar-refractivity contribution in [2.24, 2.45) is 0 Å². The van der Waals surface area contributed by atoms with Crippen LogP contribution in [0.15, 0.2) is 12.1 Å². The quantitative estimate of drug-likeness (QED) is 0.842. The first-order valence-electron chi connectivity index (χ1n) is 5.80. The second kappa shape index (κ2) is 5.33. The second-order valence-corrected chi connectivity index (χ2v) is 5.99. The highest BCUT2D eigenvalue weighted by molar-refractivity contribution is 7.16. The first kappa shape index (κ1) is 11.4. The van der Waals surface area contributed by atoms with Crippen molar-refractivity contribution in [2.45, 2.75) is 44.6 Å². The molecular weight excluding hydrogens is 226 g/mol. The molecule has 1 fully saturated rings. The molecule has 1 aromatic heterocycles. The maximum Gasteiger partial charge on any atom is 0.0931 e. The van der Waals surface area contributed by atoms with E-state index in [1.54, 1.807) is 11.3 Å². The molecule has 15 heavy (non-hydrogen) atoms. The van der Waals surface area contributed by atoms with Crippen LogP contribution in [0.3, 0.4) is 0 Å². The van der Waals surface area contributed by atoms with Crippen molar-refractivity contribution in [2.75, 3.05) is 6.54 Å². The topological polar surface area (TPSA) is 12.0 Å². The van der Waals surface area contributed by atoms with E-state index < -0.39 is 0 Å². The fourth-order valence-electron chi connectivity index (χ4n) is 2.40. The Morgan fingerprint density at radius 3 is 3.00 bits per heavy atom. The van der Waals surface area contributed by atoms with E-state index in [2.05, 4.69) is 18.3 Å². The van der Waals surface area contributed by atoms with Crippen molar-refractivity contribution < 1.29 is 0 Å². The molecule has 2 unspecified atom stereocenters. The lowest BCUT2D eigenvalue weighted by molar-refractivity contribution is 0.483. The summed E-state index contributed by atoms with van der Waals surface area (Å²) in [5.41, 5.74) is 0. The molecular formula is C12H18ClNS. The Labute approximate surface area is 101 Å². The largest absolute Gasteiger partial charge is 0.313 e. The van der Waals surface area contributed by atoms with E-state index >= 15 is 0 Å². The molecule has 0 spiro atoms. The minimum Gasteiger partial charge on any atom is -0.313 e. The van der Waals surface area contributed by atoms with Gasteiger partial charge < -0.3 is 5.32 Å². The molecule has 2 atom stereocenters. The molecule has 0 bridgehead atoms. The minimum atomic E-state index is 0.680. The predicted molar refractivity (Wildman–Crippen MR) is 68.0 cm³/mol. The van der Waals surface area contributed by atoms with Gasteiger partial charge in [0, 0.05) is 16.8 Å². The number of rotatable bonds is 4. The van der Waals surface area contributed by atoms with Crippen molar-refractivity contribution in [1.29, 1.82) is 0 Å². The Balaban J connectivity index is 2.01. The molecule has 1 aromatic rings. The van der Waals surface area contributed by atoms with Gasteiger partial charge in [0.15, 0.2) is 0 Å². The van der Waals surface area contributed by atoms with Crippen LogP contribution < -0.4 is 5.32 Å². The first-order valence-corrected chi connectivity index (χ1v) is 6.99. The summed E-state index contributed by atoms with van der Waals surface area (Å²) in [6.07, 6.45) is 5.20. The number of halogens is 1. The summed E-state index contributed by atoms with van der Waals surface area (Å²) in [6.45, 7) is 3.36. The Morgan fingerprint density at radius 1 is 1.47 bits per heavy atom. The van der Waals surface area contributed by atoms with Crippen molar-refractivity contribution in [3.8, 4) is 0 Å². The highest BCUT2D eigenvalue weighted by atomic mass is 35.5. The van der Waals surface area contributed by atoms with Gasteiger partial charge in [0.05, 0.1) is 4.34 Å². The van der Waals surface area contributed by atoms with Gasteiger partial charge in [-0.1, -0.05) is 24.9 Å². The van der Waals surface area contributed by atoms with E-state index in [4.69, 9.17) is 11.6 Å². The number of hydrogen-bond acceptors (Lipinski definition) is 2. The Kier molecular flexibility index (Phi) is 4.06. The van der Waals surface area contributed by atoms with Gasteiger partial charge in [0.1, 0.15) is 0 Å². The third-order valence-electron chi connectivity index (χ3n) is 3.13. The van der Waals surface area contributed by atoms with Crippen LogP contribution in [-0.4, -0.2) is 12.6 Å². The summed E-state index contributed by atoms with van der Waals surface area (Å²) < 4.78 is 0.922. The molecule has 1 aliphatic rings. The number of thiophene rings is 1. The molecule has 0 amide bonds. The molecule has 1 aliphatic carbocycles.